The Hall–Kier alpha value is -3.99. The molecule has 0 saturated heterocycles. The normalized spacial score (nSPS) is 10.3. The van der Waals surface area contributed by atoms with E-state index in [0.717, 1.165) is 33.5 Å². The van der Waals surface area contributed by atoms with Crippen LogP contribution in [-0.2, 0) is 9.53 Å². The van der Waals surface area contributed by atoms with Crippen molar-refractivity contribution in [2.45, 2.75) is 13.8 Å². The van der Waals surface area contributed by atoms with E-state index in [1.807, 2.05) is 49.4 Å². The van der Waals surface area contributed by atoms with E-state index in [4.69, 9.17) is 4.74 Å². The first kappa shape index (κ1) is 21.7. The molecule has 0 spiro atoms. The number of hydrogen-bond acceptors (Lipinski definition) is 4. The fourth-order valence-electron chi connectivity index (χ4n) is 3.17. The summed E-state index contributed by atoms with van der Waals surface area (Å²) in [6.45, 7) is 11.7. The monoisotopic (exact) mass is 412 g/mol. The molecule has 3 rings (SSSR count). The molecule has 0 radical (unpaired) electrons. The van der Waals surface area contributed by atoms with Gasteiger partial charge in [0.25, 0.3) is 0 Å². The van der Waals surface area contributed by atoms with Crippen LogP contribution in [0.1, 0.15) is 34.1 Å². The molecule has 0 saturated carbocycles. The van der Waals surface area contributed by atoms with E-state index in [0.29, 0.717) is 17.9 Å². The molecule has 0 atom stereocenters. The van der Waals surface area contributed by atoms with Crippen molar-refractivity contribution in [1.29, 1.82) is 0 Å². The molecule has 1 N–H and O–H groups in total. The van der Waals surface area contributed by atoms with Crippen molar-refractivity contribution in [2.75, 3.05) is 11.9 Å². The van der Waals surface area contributed by atoms with Crippen LogP contribution in [0, 0.1) is 6.92 Å². The van der Waals surface area contributed by atoms with Crippen molar-refractivity contribution >= 4 is 23.1 Å². The summed E-state index contributed by atoms with van der Waals surface area (Å²) in [5.74, 6) is -0.631. The molecule has 0 unspecified atom stereocenters. The average molecular weight is 412 g/mol. The van der Waals surface area contributed by atoms with Gasteiger partial charge in [0.15, 0.2) is 0 Å². The zero-order valence-electron chi connectivity index (χ0n) is 17.6. The number of esters is 1. The van der Waals surface area contributed by atoms with Gasteiger partial charge in [0, 0.05) is 28.7 Å². The summed E-state index contributed by atoms with van der Waals surface area (Å²) in [6, 6.07) is 16.7. The minimum absolute atomic E-state index is 0.269. The summed E-state index contributed by atoms with van der Waals surface area (Å²) in [5, 5.41) is 2.76. The van der Waals surface area contributed by atoms with Crippen LogP contribution >= 0.6 is 0 Å². The Morgan fingerprint density at radius 2 is 1.81 bits per heavy atom. The first-order valence-corrected chi connectivity index (χ1v) is 9.90. The summed E-state index contributed by atoms with van der Waals surface area (Å²) >= 11 is 0. The molecule has 5 heteroatoms. The second-order valence-electron chi connectivity index (χ2n) is 6.91. The summed E-state index contributed by atoms with van der Waals surface area (Å²) in [5.41, 5.74) is 6.22. The quantitative estimate of drug-likeness (QED) is 0.416. The molecule has 31 heavy (non-hydrogen) atoms. The number of benzene rings is 2. The van der Waals surface area contributed by atoms with Gasteiger partial charge in [-0.05, 0) is 67.0 Å². The van der Waals surface area contributed by atoms with Gasteiger partial charge >= 0.3 is 5.97 Å². The molecule has 1 aromatic heterocycles. The fraction of sp³-hybridized carbons (Fsp3) is 0.115. The lowest BCUT2D eigenvalue weighted by atomic mass is 9.94. The minimum Gasteiger partial charge on any atom is -0.462 e. The molecular formula is C26H24N2O3. The van der Waals surface area contributed by atoms with Gasteiger partial charge < -0.3 is 10.1 Å². The fourth-order valence-corrected chi connectivity index (χ4v) is 3.17. The van der Waals surface area contributed by atoms with E-state index < -0.39 is 0 Å². The Balaban J connectivity index is 1.95. The molecule has 0 bridgehead atoms. The summed E-state index contributed by atoms with van der Waals surface area (Å²) in [4.78, 5) is 28.2. The highest BCUT2D eigenvalue weighted by Gasteiger charge is 2.13. The van der Waals surface area contributed by atoms with Gasteiger partial charge in [-0.1, -0.05) is 37.4 Å². The molecule has 3 aromatic rings. The van der Waals surface area contributed by atoms with E-state index in [-0.39, 0.29) is 11.9 Å². The number of aromatic nitrogens is 1. The van der Waals surface area contributed by atoms with Crippen molar-refractivity contribution in [2.24, 2.45) is 0 Å². The predicted octanol–water partition coefficient (Wildman–Crippen LogP) is 5.42. The maximum Gasteiger partial charge on any atom is 0.338 e. The zero-order valence-corrected chi connectivity index (χ0v) is 17.6. The van der Waals surface area contributed by atoms with Gasteiger partial charge in [-0.15, -0.1) is 0 Å². The van der Waals surface area contributed by atoms with Gasteiger partial charge in [-0.2, -0.15) is 0 Å². The predicted molar refractivity (Wildman–Crippen MR) is 124 cm³/mol. The number of carbonyl (C=O) groups excluding carboxylic acids is 2. The van der Waals surface area contributed by atoms with E-state index in [9.17, 15) is 9.59 Å². The Morgan fingerprint density at radius 1 is 1.06 bits per heavy atom. The first-order valence-electron chi connectivity index (χ1n) is 9.90. The van der Waals surface area contributed by atoms with Crippen molar-refractivity contribution in [3.63, 3.8) is 0 Å². The number of carbonyl (C=O) groups is 2. The van der Waals surface area contributed by atoms with Crippen LogP contribution in [0.2, 0.25) is 0 Å². The Bertz CT molecular complexity index is 1160. The highest BCUT2D eigenvalue weighted by Crippen LogP contribution is 2.29. The first-order chi connectivity index (χ1) is 14.9. The second kappa shape index (κ2) is 9.67. The third-order valence-electron chi connectivity index (χ3n) is 4.78. The molecule has 0 aliphatic carbocycles. The summed E-state index contributed by atoms with van der Waals surface area (Å²) in [7, 11) is 0. The van der Waals surface area contributed by atoms with Crippen LogP contribution < -0.4 is 5.32 Å². The number of rotatable bonds is 7. The molecule has 0 aliphatic rings. The van der Waals surface area contributed by atoms with Gasteiger partial charge in [-0.25, -0.2) is 4.79 Å². The van der Waals surface area contributed by atoms with Gasteiger partial charge in [0.05, 0.1) is 12.2 Å². The van der Waals surface area contributed by atoms with E-state index >= 15 is 0 Å². The highest BCUT2D eigenvalue weighted by atomic mass is 16.5. The molecule has 0 aliphatic heterocycles. The Labute approximate surface area is 182 Å². The van der Waals surface area contributed by atoms with Crippen LogP contribution in [0.3, 0.4) is 0 Å². The number of hydrogen-bond donors (Lipinski definition) is 1. The standard InChI is InChI=1S/C26H24N2O3/c1-5-25(29)28-23-12-8-10-20(14-23)22-15-24(18(4)27-16-22)17(3)19-9-7-11-21(13-19)26(30)31-6-2/h5,7-16H,1,3,6H2,2,4H3,(H,28,29). The topological polar surface area (TPSA) is 68.3 Å². The van der Waals surface area contributed by atoms with Crippen molar-refractivity contribution < 1.29 is 14.3 Å². The van der Waals surface area contributed by atoms with E-state index in [1.54, 1.807) is 25.3 Å². The molecular weight excluding hydrogens is 388 g/mol. The van der Waals surface area contributed by atoms with Gasteiger partial charge in [-0.3, -0.25) is 9.78 Å². The summed E-state index contributed by atoms with van der Waals surface area (Å²) in [6.07, 6.45) is 3.02. The number of amides is 1. The number of aryl methyl sites for hydroxylation is 1. The van der Waals surface area contributed by atoms with Gasteiger partial charge in [0.2, 0.25) is 5.91 Å². The van der Waals surface area contributed by atoms with Crippen LogP contribution in [0.4, 0.5) is 5.69 Å². The number of ether oxygens (including phenoxy) is 1. The van der Waals surface area contributed by atoms with Crippen LogP contribution in [0.15, 0.2) is 80.0 Å². The SMILES string of the molecule is C=CC(=O)Nc1cccc(-c2cnc(C)c(C(=C)c3cccc(C(=O)OCC)c3)c2)c1. The lowest BCUT2D eigenvalue weighted by Gasteiger charge is -2.13. The maximum absolute atomic E-state index is 12.1. The molecule has 0 fully saturated rings. The second-order valence-corrected chi connectivity index (χ2v) is 6.91. The van der Waals surface area contributed by atoms with Crippen LogP contribution in [0.25, 0.3) is 16.7 Å². The maximum atomic E-state index is 12.1. The Morgan fingerprint density at radius 3 is 2.55 bits per heavy atom. The van der Waals surface area contributed by atoms with Crippen LogP contribution in [0.5, 0.6) is 0 Å². The third kappa shape index (κ3) is 5.14. The van der Waals surface area contributed by atoms with E-state index in [1.165, 1.54) is 6.08 Å². The van der Waals surface area contributed by atoms with Crippen molar-refractivity contribution in [1.82, 2.24) is 4.98 Å². The number of nitrogens with one attached hydrogen (secondary N) is 1. The van der Waals surface area contributed by atoms with E-state index in [2.05, 4.69) is 23.5 Å². The molecule has 1 amide bonds. The van der Waals surface area contributed by atoms with Gasteiger partial charge in [0.1, 0.15) is 0 Å². The van der Waals surface area contributed by atoms with Crippen LogP contribution in [-0.4, -0.2) is 23.5 Å². The lowest BCUT2D eigenvalue weighted by Crippen LogP contribution is -2.07. The Kier molecular flexibility index (Phi) is 6.78. The number of anilines is 1. The lowest BCUT2D eigenvalue weighted by molar-refractivity contribution is -0.111. The summed E-state index contributed by atoms with van der Waals surface area (Å²) < 4.78 is 5.10. The molecule has 1 heterocycles. The van der Waals surface area contributed by atoms with Crippen molar-refractivity contribution in [3.8, 4) is 11.1 Å². The highest BCUT2D eigenvalue weighted by molar-refractivity contribution is 5.99. The third-order valence-corrected chi connectivity index (χ3v) is 4.78. The zero-order chi connectivity index (χ0) is 22.4. The number of pyridine rings is 1. The van der Waals surface area contributed by atoms with Crippen molar-refractivity contribution in [3.05, 3.63) is 102 Å². The minimum atomic E-state index is -0.362. The molecule has 156 valence electrons. The number of nitrogens with zero attached hydrogens (tertiary/aromatic N) is 1. The largest absolute Gasteiger partial charge is 0.462 e. The smallest absolute Gasteiger partial charge is 0.338 e. The molecule has 2 aromatic carbocycles. The average Bonchev–Trinajstić information content (AvgIpc) is 2.79. The molecule has 5 nitrogen and oxygen atoms in total.